The number of aryl methyl sites for hydroxylation is 2. The molecule has 0 atom stereocenters. The van der Waals surface area contributed by atoms with E-state index in [1.54, 1.807) is 31.2 Å². The van der Waals surface area contributed by atoms with Gasteiger partial charge < -0.3 is 4.74 Å². The molecule has 0 N–H and O–H groups in total. The van der Waals surface area contributed by atoms with Gasteiger partial charge in [-0.2, -0.15) is 13.6 Å². The van der Waals surface area contributed by atoms with E-state index in [1.165, 1.54) is 0 Å². The van der Waals surface area contributed by atoms with E-state index in [9.17, 15) is 9.59 Å². The molecule has 1 aromatic heterocycles. The van der Waals surface area contributed by atoms with Gasteiger partial charge in [0.1, 0.15) is 18.2 Å². The summed E-state index contributed by atoms with van der Waals surface area (Å²) < 4.78 is 8.83. The first-order chi connectivity index (χ1) is 10.5. The van der Waals surface area contributed by atoms with Gasteiger partial charge in [-0.15, -0.1) is 0 Å². The topological polar surface area (TPSA) is 52.2 Å². The summed E-state index contributed by atoms with van der Waals surface area (Å²) in [4.78, 5) is 23.8. The SMILES string of the molecule is CCOC(=O)c1ccc(C(=O)C[B-]c2n(C)cc[n+]2C)cc1. The van der Waals surface area contributed by atoms with Crippen molar-refractivity contribution in [2.75, 3.05) is 6.61 Å². The molecule has 0 saturated heterocycles. The van der Waals surface area contributed by atoms with Crippen LogP contribution in [0.2, 0.25) is 6.32 Å². The number of carbonyl (C=O) groups is 2. The number of rotatable bonds is 6. The van der Waals surface area contributed by atoms with Gasteiger partial charge in [-0.25, -0.2) is 4.79 Å². The molecule has 0 spiro atoms. The van der Waals surface area contributed by atoms with Crippen LogP contribution in [0.5, 0.6) is 0 Å². The first-order valence-corrected chi connectivity index (χ1v) is 7.17. The van der Waals surface area contributed by atoms with Gasteiger partial charge in [0.05, 0.1) is 26.3 Å². The number of hydrogen-bond acceptors (Lipinski definition) is 3. The van der Waals surface area contributed by atoms with Crippen LogP contribution < -0.4 is 10.3 Å². The molecule has 1 heterocycles. The molecule has 0 bridgehead atoms. The maximum Gasteiger partial charge on any atom is 0.338 e. The Morgan fingerprint density at radius 2 is 1.86 bits per heavy atom. The van der Waals surface area contributed by atoms with E-state index in [-0.39, 0.29) is 11.8 Å². The number of benzene rings is 1. The van der Waals surface area contributed by atoms with Crippen LogP contribution in [0.1, 0.15) is 27.6 Å². The first-order valence-electron chi connectivity index (χ1n) is 7.17. The van der Waals surface area contributed by atoms with E-state index in [1.807, 2.05) is 42.9 Å². The number of carbonyl (C=O) groups excluding carboxylic acids is 2. The van der Waals surface area contributed by atoms with Crippen molar-refractivity contribution in [1.82, 2.24) is 4.57 Å². The monoisotopic (exact) mass is 298 g/mol. The van der Waals surface area contributed by atoms with Crippen LogP contribution in [0, 0.1) is 0 Å². The largest absolute Gasteiger partial charge is 0.462 e. The molecular weight excluding hydrogens is 279 g/mol. The number of Topliss-reactive ketones (excluding diaryl/α,β-unsaturated/α-hetero) is 1. The third-order valence-corrected chi connectivity index (χ3v) is 3.42. The summed E-state index contributed by atoms with van der Waals surface area (Å²) in [7, 11) is 5.76. The van der Waals surface area contributed by atoms with Crippen LogP contribution >= 0.6 is 0 Å². The molecule has 1 aromatic carbocycles. The number of ketones is 1. The zero-order chi connectivity index (χ0) is 16.1. The van der Waals surface area contributed by atoms with Gasteiger partial charge in [-0.05, 0) is 19.1 Å². The predicted octanol–water partition coefficient (Wildman–Crippen LogP) is 0.657. The van der Waals surface area contributed by atoms with Gasteiger partial charge in [0, 0.05) is 11.3 Å². The Kier molecular flexibility index (Phi) is 5.14. The van der Waals surface area contributed by atoms with Crippen LogP contribution in [0.25, 0.3) is 0 Å². The summed E-state index contributed by atoms with van der Waals surface area (Å²) in [5, 5.41) is 0. The smallest absolute Gasteiger partial charge is 0.338 e. The molecule has 0 saturated carbocycles. The molecule has 2 aromatic rings. The molecule has 0 aliphatic rings. The molecule has 0 fully saturated rings. The average molecular weight is 298 g/mol. The van der Waals surface area contributed by atoms with Crippen molar-refractivity contribution in [2.24, 2.45) is 14.1 Å². The second-order valence-corrected chi connectivity index (χ2v) is 5.01. The fourth-order valence-corrected chi connectivity index (χ4v) is 2.20. The molecule has 6 heteroatoms. The fraction of sp³-hybridized carbons (Fsp3) is 0.312. The molecule has 114 valence electrons. The van der Waals surface area contributed by atoms with Crippen LogP contribution in [-0.4, -0.2) is 30.2 Å². The van der Waals surface area contributed by atoms with Gasteiger partial charge in [0.25, 0.3) is 0 Å². The molecule has 22 heavy (non-hydrogen) atoms. The summed E-state index contributed by atoms with van der Waals surface area (Å²) in [5.74, 6) is -0.361. The molecule has 0 amide bonds. The molecule has 2 radical (unpaired) electrons. The summed E-state index contributed by atoms with van der Waals surface area (Å²) >= 11 is 0. The van der Waals surface area contributed by atoms with Crippen molar-refractivity contribution >= 4 is 24.8 Å². The Bertz CT molecular complexity index is 658. The summed E-state index contributed by atoms with van der Waals surface area (Å²) in [6.07, 6.45) is 4.18. The molecule has 2 rings (SSSR count). The molecule has 0 aliphatic heterocycles. The van der Waals surface area contributed by atoms with E-state index in [0.717, 1.165) is 5.72 Å². The minimum atomic E-state index is -0.371. The van der Waals surface area contributed by atoms with Gasteiger partial charge >= 0.3 is 5.97 Å². The third kappa shape index (κ3) is 3.64. The highest BCUT2D eigenvalue weighted by molar-refractivity contribution is 6.55. The Morgan fingerprint density at radius 1 is 1.23 bits per heavy atom. The molecule has 0 unspecified atom stereocenters. The maximum atomic E-state index is 12.2. The lowest BCUT2D eigenvalue weighted by atomic mass is 9.70. The third-order valence-electron chi connectivity index (χ3n) is 3.42. The second kappa shape index (κ2) is 7.07. The normalized spacial score (nSPS) is 10.5. The van der Waals surface area contributed by atoms with Crippen LogP contribution in [0.4, 0.5) is 0 Å². The standard InChI is InChI=1S/C16H19BN2O3/c1-4-22-15(21)13-7-5-12(6-8-13)14(20)11-17-16-18(2)9-10-19(16)3/h5-10H,4,11H2,1-3H3. The average Bonchev–Trinajstić information content (AvgIpc) is 2.84. The number of esters is 1. The molecule has 0 aliphatic carbocycles. The molecule has 5 nitrogen and oxygen atoms in total. The van der Waals surface area contributed by atoms with Crippen molar-refractivity contribution in [3.63, 3.8) is 0 Å². The van der Waals surface area contributed by atoms with Crippen LogP contribution in [0.15, 0.2) is 36.7 Å². The predicted molar refractivity (Wildman–Crippen MR) is 83.5 cm³/mol. The van der Waals surface area contributed by atoms with E-state index >= 15 is 0 Å². The van der Waals surface area contributed by atoms with Crippen LogP contribution in [-0.2, 0) is 18.8 Å². The number of aromatic nitrogens is 2. The van der Waals surface area contributed by atoms with Crippen LogP contribution in [0.3, 0.4) is 0 Å². The Labute approximate surface area is 130 Å². The minimum Gasteiger partial charge on any atom is -0.462 e. The van der Waals surface area contributed by atoms with E-state index < -0.39 is 0 Å². The summed E-state index contributed by atoms with van der Waals surface area (Å²) in [5.41, 5.74) is 2.01. The number of imidazole rings is 1. The van der Waals surface area contributed by atoms with Gasteiger partial charge in [0.2, 0.25) is 0 Å². The highest BCUT2D eigenvalue weighted by atomic mass is 16.5. The van der Waals surface area contributed by atoms with E-state index in [2.05, 4.69) is 0 Å². The number of hydrogen-bond donors (Lipinski definition) is 0. The lowest BCUT2D eigenvalue weighted by Crippen LogP contribution is -2.49. The maximum absolute atomic E-state index is 12.2. The van der Waals surface area contributed by atoms with E-state index in [0.29, 0.717) is 24.1 Å². The zero-order valence-electron chi connectivity index (χ0n) is 13.1. The van der Waals surface area contributed by atoms with Crippen molar-refractivity contribution in [3.05, 3.63) is 47.8 Å². The highest BCUT2D eigenvalue weighted by Crippen LogP contribution is 2.08. The van der Waals surface area contributed by atoms with Crippen molar-refractivity contribution in [1.29, 1.82) is 0 Å². The highest BCUT2D eigenvalue weighted by Gasteiger charge is 2.08. The zero-order valence-corrected chi connectivity index (χ0v) is 13.1. The number of ether oxygens (including phenoxy) is 1. The Hall–Kier alpha value is -2.37. The fourth-order valence-electron chi connectivity index (χ4n) is 2.20. The first kappa shape index (κ1) is 16.0. The minimum absolute atomic E-state index is 0.0107. The molecular formula is C16H19BN2O3. The van der Waals surface area contributed by atoms with Gasteiger partial charge in [-0.3, -0.25) is 13.9 Å². The summed E-state index contributed by atoms with van der Waals surface area (Å²) in [6.45, 7) is 2.09. The lowest BCUT2D eigenvalue weighted by Gasteiger charge is -2.12. The van der Waals surface area contributed by atoms with Gasteiger partial charge in [0.15, 0.2) is 0 Å². The Morgan fingerprint density at radius 3 is 2.41 bits per heavy atom. The van der Waals surface area contributed by atoms with Crippen molar-refractivity contribution in [2.45, 2.75) is 13.2 Å². The summed E-state index contributed by atoms with van der Waals surface area (Å²) in [6, 6.07) is 6.56. The van der Waals surface area contributed by atoms with Crippen molar-refractivity contribution in [3.8, 4) is 0 Å². The quantitative estimate of drug-likeness (QED) is 0.341. The lowest BCUT2D eigenvalue weighted by molar-refractivity contribution is -0.653. The van der Waals surface area contributed by atoms with Crippen molar-refractivity contribution < 1.29 is 18.9 Å². The number of nitrogens with zero attached hydrogens (tertiary/aromatic N) is 2. The second-order valence-electron chi connectivity index (χ2n) is 5.01. The Balaban J connectivity index is 2.00. The van der Waals surface area contributed by atoms with Gasteiger partial charge in [-0.1, -0.05) is 12.1 Å². The van der Waals surface area contributed by atoms with E-state index in [4.69, 9.17) is 4.74 Å².